The van der Waals surface area contributed by atoms with Gasteiger partial charge in [-0.05, 0) is 30.7 Å². The monoisotopic (exact) mass is 505 g/mol. The Kier molecular flexibility index (Phi) is 6.73. The van der Waals surface area contributed by atoms with Gasteiger partial charge in [-0.25, -0.2) is 9.67 Å². The number of rotatable bonds is 6. The number of aliphatic hydroxyl groups excluding tert-OH is 1. The lowest BCUT2D eigenvalue weighted by Crippen LogP contribution is -2.36. The van der Waals surface area contributed by atoms with Crippen molar-refractivity contribution in [2.45, 2.75) is 19.6 Å². The second-order valence-corrected chi connectivity index (χ2v) is 10.5. The van der Waals surface area contributed by atoms with Crippen LogP contribution >= 0.6 is 11.3 Å². The Labute approximate surface area is 214 Å². The van der Waals surface area contributed by atoms with Crippen LogP contribution in [0.4, 0.5) is 5.69 Å². The van der Waals surface area contributed by atoms with Gasteiger partial charge >= 0.3 is 0 Å². The summed E-state index contributed by atoms with van der Waals surface area (Å²) in [6, 6.07) is 14.3. The molecule has 0 bridgehead atoms. The molecule has 8 nitrogen and oxygen atoms in total. The van der Waals surface area contributed by atoms with Crippen molar-refractivity contribution in [1.82, 2.24) is 19.7 Å². The van der Waals surface area contributed by atoms with Crippen LogP contribution in [-0.4, -0.2) is 77.4 Å². The summed E-state index contributed by atoms with van der Waals surface area (Å²) in [6.45, 7) is 9.43. The van der Waals surface area contributed by atoms with Crippen LogP contribution < -0.4 is 4.90 Å². The Morgan fingerprint density at radius 3 is 2.56 bits per heavy atom. The molecule has 0 unspecified atom stereocenters. The molecule has 36 heavy (non-hydrogen) atoms. The fourth-order valence-electron chi connectivity index (χ4n) is 4.82. The third kappa shape index (κ3) is 4.89. The summed E-state index contributed by atoms with van der Waals surface area (Å²) in [5, 5.41) is 14.8. The van der Waals surface area contributed by atoms with E-state index in [1.807, 2.05) is 52.5 Å². The van der Waals surface area contributed by atoms with Gasteiger partial charge in [-0.1, -0.05) is 18.2 Å². The van der Waals surface area contributed by atoms with Gasteiger partial charge < -0.3 is 19.5 Å². The Morgan fingerprint density at radius 2 is 1.78 bits per heavy atom. The van der Waals surface area contributed by atoms with E-state index in [1.54, 1.807) is 6.92 Å². The third-order valence-corrected chi connectivity index (χ3v) is 7.95. The Morgan fingerprint density at radius 1 is 1.00 bits per heavy atom. The smallest absolute Gasteiger partial charge is 0.156 e. The molecule has 0 amide bonds. The summed E-state index contributed by atoms with van der Waals surface area (Å²) in [5.41, 5.74) is 4.91. The highest BCUT2D eigenvalue weighted by molar-refractivity contribution is 7.19. The number of morpholine rings is 2. The highest BCUT2D eigenvalue weighted by Gasteiger charge is 2.20. The zero-order valence-electron chi connectivity index (χ0n) is 20.5. The van der Waals surface area contributed by atoms with Gasteiger partial charge in [0.2, 0.25) is 0 Å². The van der Waals surface area contributed by atoms with E-state index in [9.17, 15) is 5.11 Å². The average molecular weight is 506 g/mol. The van der Waals surface area contributed by atoms with Crippen molar-refractivity contribution in [2.24, 2.45) is 0 Å². The molecule has 0 radical (unpaired) electrons. The van der Waals surface area contributed by atoms with Crippen molar-refractivity contribution in [3.63, 3.8) is 0 Å². The quantitative estimate of drug-likeness (QED) is 0.426. The van der Waals surface area contributed by atoms with Gasteiger partial charge in [0.05, 0.1) is 54.1 Å². The number of hydrogen-bond donors (Lipinski definition) is 1. The highest BCUT2D eigenvalue weighted by Crippen LogP contribution is 2.36. The fourth-order valence-corrected chi connectivity index (χ4v) is 6.00. The van der Waals surface area contributed by atoms with E-state index in [0.29, 0.717) is 0 Å². The molecule has 6 rings (SSSR count). The van der Waals surface area contributed by atoms with Crippen LogP contribution in [0.2, 0.25) is 0 Å². The first-order chi connectivity index (χ1) is 17.6. The number of aromatic nitrogens is 3. The van der Waals surface area contributed by atoms with Crippen LogP contribution in [-0.2, 0) is 16.0 Å². The van der Waals surface area contributed by atoms with E-state index >= 15 is 0 Å². The second-order valence-electron chi connectivity index (χ2n) is 9.36. The molecule has 0 saturated carbocycles. The summed E-state index contributed by atoms with van der Waals surface area (Å²) in [6.07, 6.45) is 1.44. The van der Waals surface area contributed by atoms with Crippen molar-refractivity contribution in [1.29, 1.82) is 0 Å². The summed E-state index contributed by atoms with van der Waals surface area (Å²) < 4.78 is 14.2. The molecule has 1 aromatic carbocycles. The predicted molar refractivity (Wildman–Crippen MR) is 142 cm³/mol. The number of aliphatic hydroxyl groups is 1. The van der Waals surface area contributed by atoms with Crippen molar-refractivity contribution >= 4 is 27.2 Å². The van der Waals surface area contributed by atoms with Gasteiger partial charge in [0, 0.05) is 55.4 Å². The first-order valence-corrected chi connectivity index (χ1v) is 13.4. The van der Waals surface area contributed by atoms with E-state index in [-0.39, 0.29) is 0 Å². The molecular weight excluding hydrogens is 474 g/mol. The molecule has 2 saturated heterocycles. The number of ether oxygens (including phenoxy) is 2. The zero-order valence-corrected chi connectivity index (χ0v) is 21.3. The van der Waals surface area contributed by atoms with Gasteiger partial charge in [-0.15, -0.1) is 11.3 Å². The fraction of sp³-hybridized carbons (Fsp3) is 0.407. The number of hydrogen-bond acceptors (Lipinski definition) is 8. The van der Waals surface area contributed by atoms with E-state index in [4.69, 9.17) is 19.6 Å². The first kappa shape index (κ1) is 23.6. The van der Waals surface area contributed by atoms with Crippen molar-refractivity contribution in [3.8, 4) is 17.1 Å². The standard InChI is InChI=1S/C27H31N5O3S/c1-19(33)20-3-2-4-21(15-20)23-5-6-32(29-23)26-17-25(31-9-13-35-14-10-31)27-24(28-26)16-22(36-27)18-30-7-11-34-12-8-30/h2-6,15-17,19,33H,7-14,18H2,1H3/t19-/m0/s1. The molecule has 4 aromatic rings. The van der Waals surface area contributed by atoms with E-state index < -0.39 is 6.10 Å². The maximum absolute atomic E-state index is 9.98. The van der Waals surface area contributed by atoms with Gasteiger partial charge in [-0.2, -0.15) is 5.10 Å². The number of pyridine rings is 1. The van der Waals surface area contributed by atoms with Gasteiger partial charge in [0.15, 0.2) is 5.82 Å². The minimum Gasteiger partial charge on any atom is -0.389 e. The molecule has 9 heteroatoms. The molecule has 188 valence electrons. The first-order valence-electron chi connectivity index (χ1n) is 12.5. The summed E-state index contributed by atoms with van der Waals surface area (Å²) >= 11 is 1.84. The average Bonchev–Trinajstić information content (AvgIpc) is 3.56. The Balaban J connectivity index is 1.37. The van der Waals surface area contributed by atoms with Gasteiger partial charge in [0.25, 0.3) is 0 Å². The lowest BCUT2D eigenvalue weighted by Gasteiger charge is -2.29. The molecule has 5 heterocycles. The maximum atomic E-state index is 9.98. The van der Waals surface area contributed by atoms with E-state index in [2.05, 4.69) is 21.9 Å². The molecule has 2 aliphatic rings. The predicted octanol–water partition coefficient (Wildman–Crippen LogP) is 3.87. The highest BCUT2D eigenvalue weighted by atomic mass is 32.1. The summed E-state index contributed by atoms with van der Waals surface area (Å²) in [5.74, 6) is 0.803. The normalized spacial score (nSPS) is 18.1. The van der Waals surface area contributed by atoms with Crippen molar-refractivity contribution in [3.05, 3.63) is 59.1 Å². The number of thiophene rings is 1. The van der Waals surface area contributed by atoms with Gasteiger partial charge in [0.1, 0.15) is 0 Å². The van der Waals surface area contributed by atoms with Crippen LogP contribution in [0.25, 0.3) is 27.3 Å². The van der Waals surface area contributed by atoms with Crippen LogP contribution in [0, 0.1) is 0 Å². The van der Waals surface area contributed by atoms with Gasteiger partial charge in [-0.3, -0.25) is 4.90 Å². The summed E-state index contributed by atoms with van der Waals surface area (Å²) in [4.78, 5) is 11.2. The summed E-state index contributed by atoms with van der Waals surface area (Å²) in [7, 11) is 0. The number of nitrogens with zero attached hydrogens (tertiary/aromatic N) is 5. The lowest BCUT2D eigenvalue weighted by molar-refractivity contribution is 0.0346. The molecule has 2 fully saturated rings. The maximum Gasteiger partial charge on any atom is 0.156 e. The Bertz CT molecular complexity index is 1340. The minimum atomic E-state index is -0.516. The van der Waals surface area contributed by atoms with Crippen LogP contribution in [0.3, 0.4) is 0 Å². The molecule has 2 aliphatic heterocycles. The van der Waals surface area contributed by atoms with E-state index in [0.717, 1.165) is 87.3 Å². The molecule has 0 spiro atoms. The number of fused-ring (bicyclic) bond motifs is 1. The molecule has 0 aliphatic carbocycles. The van der Waals surface area contributed by atoms with Crippen LogP contribution in [0.15, 0.2) is 48.7 Å². The second kappa shape index (κ2) is 10.3. The lowest BCUT2D eigenvalue weighted by atomic mass is 10.1. The van der Waals surface area contributed by atoms with Crippen molar-refractivity contribution in [2.75, 3.05) is 57.5 Å². The van der Waals surface area contributed by atoms with E-state index in [1.165, 1.54) is 15.3 Å². The largest absolute Gasteiger partial charge is 0.389 e. The topological polar surface area (TPSA) is 75.9 Å². The zero-order chi connectivity index (χ0) is 24.5. The Hall–Kier alpha value is -2.82. The molecule has 3 aromatic heterocycles. The SMILES string of the molecule is C[C@H](O)c1cccc(-c2ccn(-c3cc(N4CCOCC4)c4sc(CN5CCOCC5)cc4n3)n2)c1. The van der Waals surface area contributed by atoms with Crippen molar-refractivity contribution < 1.29 is 14.6 Å². The van der Waals surface area contributed by atoms with Crippen LogP contribution in [0.1, 0.15) is 23.5 Å². The van der Waals surface area contributed by atoms with Crippen LogP contribution in [0.5, 0.6) is 0 Å². The molecular formula is C27H31N5O3S. The number of anilines is 1. The third-order valence-electron chi connectivity index (χ3n) is 6.82. The minimum absolute atomic E-state index is 0.516. The number of benzene rings is 1. The molecule has 1 atom stereocenters. The molecule has 1 N–H and O–H groups in total.